The topological polar surface area (TPSA) is 21.3 Å². The van der Waals surface area contributed by atoms with Crippen molar-refractivity contribution in [2.45, 2.75) is 36.8 Å². The molecule has 4 heteroatoms. The highest BCUT2D eigenvalue weighted by Gasteiger charge is 2.16. The number of benzene rings is 1. The molecule has 1 aliphatic rings. The maximum Gasteiger partial charge on any atom is 0.0669 e. The average Bonchev–Trinajstić information content (AvgIpc) is 2.88. The molecule has 0 amide bonds. The molecule has 0 aromatic heterocycles. The van der Waals surface area contributed by atoms with Gasteiger partial charge in [0, 0.05) is 28.3 Å². The summed E-state index contributed by atoms with van der Waals surface area (Å²) in [4.78, 5) is 1.22. The van der Waals surface area contributed by atoms with Gasteiger partial charge in [-0.1, -0.05) is 17.7 Å². The third-order valence-electron chi connectivity index (χ3n) is 3.33. The van der Waals surface area contributed by atoms with Crippen LogP contribution in [0.4, 0.5) is 0 Å². The maximum atomic E-state index is 6.31. The van der Waals surface area contributed by atoms with Gasteiger partial charge < -0.3 is 10.1 Å². The molecule has 1 aromatic carbocycles. The molecule has 2 nitrogen and oxygen atoms in total. The molecule has 0 aliphatic carbocycles. The lowest BCUT2D eigenvalue weighted by atomic mass is 10.1. The molecule has 0 radical (unpaired) electrons. The van der Waals surface area contributed by atoms with Crippen LogP contribution in [0.15, 0.2) is 23.1 Å². The van der Waals surface area contributed by atoms with E-state index < -0.39 is 0 Å². The van der Waals surface area contributed by atoms with Gasteiger partial charge in [-0.05, 0) is 44.5 Å². The molecule has 2 atom stereocenters. The number of thioether (sulfide) groups is 1. The molecule has 2 unspecified atom stereocenters. The van der Waals surface area contributed by atoms with Gasteiger partial charge in [-0.2, -0.15) is 0 Å². The molecule has 100 valence electrons. The van der Waals surface area contributed by atoms with Crippen molar-refractivity contribution in [1.29, 1.82) is 0 Å². The van der Waals surface area contributed by atoms with Crippen molar-refractivity contribution in [3.63, 3.8) is 0 Å². The largest absolute Gasteiger partial charge is 0.377 e. The number of halogens is 1. The van der Waals surface area contributed by atoms with Crippen LogP contribution in [0.2, 0.25) is 5.02 Å². The van der Waals surface area contributed by atoms with E-state index in [1.807, 2.05) is 18.8 Å². The molecular formula is C14H20ClNOS. The summed E-state index contributed by atoms with van der Waals surface area (Å²) in [6.45, 7) is 3.03. The Morgan fingerprint density at radius 3 is 3.00 bits per heavy atom. The molecule has 1 heterocycles. The highest BCUT2D eigenvalue weighted by atomic mass is 35.5. The fourth-order valence-electron chi connectivity index (χ4n) is 2.07. The fourth-order valence-corrected chi connectivity index (χ4v) is 3.48. The Labute approximate surface area is 118 Å². The van der Waals surface area contributed by atoms with Crippen molar-refractivity contribution in [1.82, 2.24) is 5.32 Å². The van der Waals surface area contributed by atoms with Crippen LogP contribution in [0.5, 0.6) is 0 Å². The van der Waals surface area contributed by atoms with Gasteiger partial charge in [0.1, 0.15) is 0 Å². The van der Waals surface area contributed by atoms with Gasteiger partial charge in [0.05, 0.1) is 6.10 Å². The van der Waals surface area contributed by atoms with E-state index in [2.05, 4.69) is 30.4 Å². The fraction of sp³-hybridized carbons (Fsp3) is 0.571. The zero-order chi connectivity index (χ0) is 13.0. The zero-order valence-electron chi connectivity index (χ0n) is 10.9. The lowest BCUT2D eigenvalue weighted by Gasteiger charge is -2.14. The maximum absolute atomic E-state index is 6.31. The molecule has 0 spiro atoms. The lowest BCUT2D eigenvalue weighted by Crippen LogP contribution is -2.12. The number of hydrogen-bond acceptors (Lipinski definition) is 3. The molecule has 1 aromatic rings. The third kappa shape index (κ3) is 3.64. The molecular weight excluding hydrogens is 266 g/mol. The SMILES string of the molecule is CNC(C)c1ccc(SCC2CCCO2)cc1Cl. The molecule has 1 aliphatic heterocycles. The summed E-state index contributed by atoms with van der Waals surface area (Å²) in [6, 6.07) is 6.61. The molecule has 0 bridgehead atoms. The van der Waals surface area contributed by atoms with Gasteiger partial charge in [-0.15, -0.1) is 11.8 Å². The van der Waals surface area contributed by atoms with Crippen LogP contribution in [0.3, 0.4) is 0 Å². The van der Waals surface area contributed by atoms with Crippen LogP contribution < -0.4 is 5.32 Å². The second kappa shape index (κ2) is 6.80. The minimum absolute atomic E-state index is 0.287. The van der Waals surface area contributed by atoms with E-state index in [0.29, 0.717) is 6.10 Å². The highest BCUT2D eigenvalue weighted by Crippen LogP contribution is 2.30. The number of nitrogens with one attached hydrogen (secondary N) is 1. The molecule has 1 fully saturated rings. The van der Waals surface area contributed by atoms with Crippen molar-refractivity contribution in [2.24, 2.45) is 0 Å². The normalized spacial score (nSPS) is 21.2. The molecule has 2 rings (SSSR count). The Morgan fingerprint density at radius 1 is 1.56 bits per heavy atom. The van der Waals surface area contributed by atoms with E-state index in [1.165, 1.54) is 17.7 Å². The Balaban J connectivity index is 1.95. The predicted molar refractivity (Wildman–Crippen MR) is 78.6 cm³/mol. The van der Waals surface area contributed by atoms with Gasteiger partial charge >= 0.3 is 0 Å². The summed E-state index contributed by atoms with van der Waals surface area (Å²) in [5.74, 6) is 1.03. The van der Waals surface area contributed by atoms with Crippen LogP contribution in [0.25, 0.3) is 0 Å². The molecule has 0 saturated carbocycles. The summed E-state index contributed by atoms with van der Waals surface area (Å²) in [6.07, 6.45) is 2.81. The Kier molecular flexibility index (Phi) is 5.37. The average molecular weight is 286 g/mol. The van der Waals surface area contributed by atoms with Gasteiger partial charge in [0.2, 0.25) is 0 Å². The first-order valence-electron chi connectivity index (χ1n) is 6.42. The van der Waals surface area contributed by atoms with Crippen LogP contribution in [-0.2, 0) is 4.74 Å². The van der Waals surface area contributed by atoms with Crippen LogP contribution in [0, 0.1) is 0 Å². The highest BCUT2D eigenvalue weighted by molar-refractivity contribution is 7.99. The van der Waals surface area contributed by atoms with Crippen molar-refractivity contribution < 1.29 is 4.74 Å². The first kappa shape index (κ1) is 14.2. The van der Waals surface area contributed by atoms with Gasteiger partial charge in [-0.3, -0.25) is 0 Å². The molecule has 18 heavy (non-hydrogen) atoms. The van der Waals surface area contributed by atoms with E-state index in [4.69, 9.17) is 16.3 Å². The van der Waals surface area contributed by atoms with E-state index in [0.717, 1.165) is 22.9 Å². The van der Waals surface area contributed by atoms with E-state index in [9.17, 15) is 0 Å². The Morgan fingerprint density at radius 2 is 2.39 bits per heavy atom. The van der Waals surface area contributed by atoms with E-state index in [-0.39, 0.29) is 6.04 Å². The van der Waals surface area contributed by atoms with Crippen molar-refractivity contribution in [3.05, 3.63) is 28.8 Å². The summed E-state index contributed by atoms with van der Waals surface area (Å²) in [5.41, 5.74) is 1.15. The van der Waals surface area contributed by atoms with Gasteiger partial charge in [-0.25, -0.2) is 0 Å². The summed E-state index contributed by atoms with van der Waals surface area (Å²) in [7, 11) is 1.95. The number of rotatable bonds is 5. The molecule has 1 saturated heterocycles. The van der Waals surface area contributed by atoms with Crippen LogP contribution in [0.1, 0.15) is 31.4 Å². The Bertz CT molecular complexity index is 393. The minimum Gasteiger partial charge on any atom is -0.377 e. The lowest BCUT2D eigenvalue weighted by molar-refractivity contribution is 0.129. The molecule has 1 N–H and O–H groups in total. The second-order valence-electron chi connectivity index (χ2n) is 4.64. The van der Waals surface area contributed by atoms with Crippen molar-refractivity contribution in [2.75, 3.05) is 19.4 Å². The standard InChI is InChI=1S/C14H20ClNOS/c1-10(16-2)13-6-5-12(8-14(13)15)18-9-11-4-3-7-17-11/h5-6,8,10-11,16H,3-4,7,9H2,1-2H3. The summed E-state index contributed by atoms with van der Waals surface area (Å²) >= 11 is 8.14. The van der Waals surface area contributed by atoms with Crippen LogP contribution in [-0.4, -0.2) is 25.5 Å². The smallest absolute Gasteiger partial charge is 0.0669 e. The third-order valence-corrected chi connectivity index (χ3v) is 4.78. The van der Waals surface area contributed by atoms with Crippen molar-refractivity contribution in [3.8, 4) is 0 Å². The van der Waals surface area contributed by atoms with Crippen molar-refractivity contribution >= 4 is 23.4 Å². The summed E-state index contributed by atoms with van der Waals surface area (Å²) < 4.78 is 5.62. The summed E-state index contributed by atoms with van der Waals surface area (Å²) in [5, 5.41) is 4.05. The predicted octanol–water partition coefficient (Wildman–Crippen LogP) is 3.89. The zero-order valence-corrected chi connectivity index (χ0v) is 12.5. The van der Waals surface area contributed by atoms with Crippen LogP contribution >= 0.6 is 23.4 Å². The number of hydrogen-bond donors (Lipinski definition) is 1. The first-order chi connectivity index (χ1) is 8.70. The number of ether oxygens (including phenoxy) is 1. The van der Waals surface area contributed by atoms with Gasteiger partial charge in [0.25, 0.3) is 0 Å². The van der Waals surface area contributed by atoms with Gasteiger partial charge in [0.15, 0.2) is 0 Å². The monoisotopic (exact) mass is 285 g/mol. The van der Waals surface area contributed by atoms with E-state index in [1.54, 1.807) is 0 Å². The quantitative estimate of drug-likeness (QED) is 0.829. The van der Waals surface area contributed by atoms with E-state index >= 15 is 0 Å². The first-order valence-corrected chi connectivity index (χ1v) is 7.78. The Hall–Kier alpha value is -0.220. The second-order valence-corrected chi connectivity index (χ2v) is 6.14. The minimum atomic E-state index is 0.287.